The van der Waals surface area contributed by atoms with Crippen LogP contribution in [0.15, 0.2) is 30.3 Å². The lowest BCUT2D eigenvalue weighted by Gasteiger charge is -1.94. The van der Waals surface area contributed by atoms with Crippen LogP contribution in [0.2, 0.25) is 0 Å². The summed E-state index contributed by atoms with van der Waals surface area (Å²) in [5.41, 5.74) is 2.69. The van der Waals surface area contributed by atoms with Crippen molar-refractivity contribution in [2.24, 2.45) is 0 Å². The Morgan fingerprint density at radius 3 is 2.83 bits per heavy atom. The van der Waals surface area contributed by atoms with E-state index in [-0.39, 0.29) is 5.91 Å². The average Bonchev–Trinajstić information content (AvgIpc) is 2.40. The molecule has 0 aromatic heterocycles. The van der Waals surface area contributed by atoms with Crippen molar-refractivity contribution in [3.8, 4) is 0 Å². The monoisotopic (exact) mass is 159 g/mol. The van der Waals surface area contributed by atoms with E-state index in [1.807, 2.05) is 37.3 Å². The fourth-order valence-electron chi connectivity index (χ4n) is 1.43. The maximum absolute atomic E-state index is 11.3. The highest BCUT2D eigenvalue weighted by Gasteiger charge is 2.21. The number of nitrogens with one attached hydrogen (secondary N) is 1. The molecule has 0 saturated heterocycles. The van der Waals surface area contributed by atoms with Crippen LogP contribution in [-0.2, 0) is 4.79 Å². The van der Waals surface area contributed by atoms with E-state index in [1.54, 1.807) is 0 Å². The Morgan fingerprint density at radius 1 is 1.33 bits per heavy atom. The first-order valence-electron chi connectivity index (χ1n) is 3.90. The highest BCUT2D eigenvalue weighted by Crippen LogP contribution is 2.30. The summed E-state index contributed by atoms with van der Waals surface area (Å²) in [6.45, 7) is 1.87. The largest absolute Gasteiger partial charge is 0.321 e. The molecule has 12 heavy (non-hydrogen) atoms. The van der Waals surface area contributed by atoms with E-state index in [1.165, 1.54) is 0 Å². The SMILES string of the molecule is C/C=C1\C(=O)Nc2ccccc21. The number of hydrogen-bond acceptors (Lipinski definition) is 1. The fraction of sp³-hybridized carbons (Fsp3) is 0.100. The number of allylic oxidation sites excluding steroid dienone is 1. The quantitative estimate of drug-likeness (QED) is 0.576. The zero-order chi connectivity index (χ0) is 8.55. The van der Waals surface area contributed by atoms with Gasteiger partial charge in [-0.05, 0) is 13.0 Å². The van der Waals surface area contributed by atoms with Gasteiger partial charge in [0.15, 0.2) is 0 Å². The van der Waals surface area contributed by atoms with Crippen molar-refractivity contribution >= 4 is 17.2 Å². The predicted octanol–water partition coefficient (Wildman–Crippen LogP) is 2.04. The lowest BCUT2D eigenvalue weighted by Crippen LogP contribution is -2.03. The third-order valence-electron chi connectivity index (χ3n) is 2.00. The van der Waals surface area contributed by atoms with Gasteiger partial charge in [-0.15, -0.1) is 0 Å². The van der Waals surface area contributed by atoms with E-state index in [0.717, 1.165) is 16.8 Å². The van der Waals surface area contributed by atoms with Crippen molar-refractivity contribution in [3.05, 3.63) is 35.9 Å². The Morgan fingerprint density at radius 2 is 2.08 bits per heavy atom. The minimum atomic E-state index is -0.00120. The summed E-state index contributed by atoms with van der Waals surface area (Å²) < 4.78 is 0. The minimum Gasteiger partial charge on any atom is -0.321 e. The van der Waals surface area contributed by atoms with Crippen LogP contribution >= 0.6 is 0 Å². The number of hydrogen-bond donors (Lipinski definition) is 1. The first-order valence-corrected chi connectivity index (χ1v) is 3.90. The third kappa shape index (κ3) is 0.848. The van der Waals surface area contributed by atoms with Gasteiger partial charge in [-0.1, -0.05) is 24.3 Å². The Hall–Kier alpha value is -1.57. The number of amides is 1. The predicted molar refractivity (Wildman–Crippen MR) is 48.7 cm³/mol. The lowest BCUT2D eigenvalue weighted by atomic mass is 10.1. The van der Waals surface area contributed by atoms with Gasteiger partial charge in [-0.2, -0.15) is 0 Å². The molecular formula is C10H9NO. The molecule has 1 heterocycles. The summed E-state index contributed by atoms with van der Waals surface area (Å²) in [6, 6.07) is 7.70. The number of fused-ring (bicyclic) bond motifs is 1. The number of para-hydroxylation sites is 1. The number of rotatable bonds is 0. The van der Waals surface area contributed by atoms with Gasteiger partial charge in [-0.3, -0.25) is 4.79 Å². The molecule has 0 saturated carbocycles. The maximum Gasteiger partial charge on any atom is 0.256 e. The van der Waals surface area contributed by atoms with Crippen molar-refractivity contribution in [1.29, 1.82) is 0 Å². The van der Waals surface area contributed by atoms with Crippen LogP contribution in [0, 0.1) is 0 Å². The Labute approximate surface area is 70.9 Å². The minimum absolute atomic E-state index is 0.00120. The zero-order valence-corrected chi connectivity index (χ0v) is 6.79. The van der Waals surface area contributed by atoms with E-state index in [9.17, 15) is 4.79 Å². The standard InChI is InChI=1S/C10H9NO/c1-2-7-8-5-3-4-6-9(8)11-10(7)12/h2-6H,1H3,(H,11,12)/b7-2-. The topological polar surface area (TPSA) is 29.1 Å². The molecule has 0 radical (unpaired) electrons. The molecule has 60 valence electrons. The third-order valence-corrected chi connectivity index (χ3v) is 2.00. The van der Waals surface area contributed by atoms with Crippen LogP contribution in [0.5, 0.6) is 0 Å². The van der Waals surface area contributed by atoms with Crippen molar-refractivity contribution < 1.29 is 4.79 Å². The van der Waals surface area contributed by atoms with Crippen LogP contribution in [0.3, 0.4) is 0 Å². The van der Waals surface area contributed by atoms with Crippen LogP contribution in [-0.4, -0.2) is 5.91 Å². The number of carbonyl (C=O) groups excluding carboxylic acids is 1. The molecular weight excluding hydrogens is 150 g/mol. The van der Waals surface area contributed by atoms with E-state index in [0.29, 0.717) is 0 Å². The molecule has 2 rings (SSSR count). The summed E-state index contributed by atoms with van der Waals surface area (Å²) in [7, 11) is 0. The first-order chi connectivity index (χ1) is 5.83. The second-order valence-corrected chi connectivity index (χ2v) is 2.70. The van der Waals surface area contributed by atoms with Gasteiger partial charge in [-0.25, -0.2) is 0 Å². The smallest absolute Gasteiger partial charge is 0.256 e. The first kappa shape index (κ1) is 7.10. The lowest BCUT2D eigenvalue weighted by molar-refractivity contribution is -0.110. The van der Waals surface area contributed by atoms with E-state index in [4.69, 9.17) is 0 Å². The maximum atomic E-state index is 11.3. The zero-order valence-electron chi connectivity index (χ0n) is 6.79. The molecule has 0 atom stereocenters. The van der Waals surface area contributed by atoms with Crippen molar-refractivity contribution in [1.82, 2.24) is 0 Å². The van der Waals surface area contributed by atoms with Gasteiger partial charge in [0.2, 0.25) is 0 Å². The van der Waals surface area contributed by atoms with Gasteiger partial charge < -0.3 is 5.32 Å². The van der Waals surface area contributed by atoms with Gasteiger partial charge in [0, 0.05) is 16.8 Å². The Balaban J connectivity index is 2.62. The molecule has 1 aliphatic heterocycles. The van der Waals surface area contributed by atoms with Gasteiger partial charge in [0.1, 0.15) is 0 Å². The van der Waals surface area contributed by atoms with Gasteiger partial charge >= 0.3 is 0 Å². The second-order valence-electron chi connectivity index (χ2n) is 2.70. The Bertz CT molecular complexity index is 366. The summed E-state index contributed by atoms with van der Waals surface area (Å²) in [6.07, 6.45) is 1.83. The van der Waals surface area contributed by atoms with Crippen LogP contribution in [0.1, 0.15) is 12.5 Å². The van der Waals surface area contributed by atoms with Crippen LogP contribution < -0.4 is 5.32 Å². The number of anilines is 1. The van der Waals surface area contributed by atoms with E-state index >= 15 is 0 Å². The highest BCUT2D eigenvalue weighted by molar-refractivity contribution is 6.31. The summed E-state index contributed by atoms with van der Waals surface area (Å²) in [4.78, 5) is 11.3. The summed E-state index contributed by atoms with van der Waals surface area (Å²) in [5, 5.41) is 2.79. The van der Waals surface area contributed by atoms with E-state index in [2.05, 4.69) is 5.32 Å². The molecule has 0 unspecified atom stereocenters. The molecule has 0 fully saturated rings. The Kier molecular flexibility index (Phi) is 1.47. The van der Waals surface area contributed by atoms with Crippen molar-refractivity contribution in [2.75, 3.05) is 5.32 Å². The molecule has 1 aliphatic rings. The van der Waals surface area contributed by atoms with Gasteiger partial charge in [0.25, 0.3) is 5.91 Å². The normalized spacial score (nSPS) is 17.8. The van der Waals surface area contributed by atoms with Crippen LogP contribution in [0.4, 0.5) is 5.69 Å². The molecule has 1 amide bonds. The van der Waals surface area contributed by atoms with Gasteiger partial charge in [0.05, 0.1) is 0 Å². The summed E-state index contributed by atoms with van der Waals surface area (Å²) >= 11 is 0. The summed E-state index contributed by atoms with van der Waals surface area (Å²) in [5.74, 6) is -0.00120. The highest BCUT2D eigenvalue weighted by atomic mass is 16.1. The van der Waals surface area contributed by atoms with Crippen molar-refractivity contribution in [2.45, 2.75) is 6.92 Å². The molecule has 2 nitrogen and oxygen atoms in total. The van der Waals surface area contributed by atoms with E-state index < -0.39 is 0 Å². The average molecular weight is 159 g/mol. The number of carbonyl (C=O) groups is 1. The molecule has 1 aromatic carbocycles. The molecule has 0 aliphatic carbocycles. The number of benzene rings is 1. The van der Waals surface area contributed by atoms with Crippen molar-refractivity contribution in [3.63, 3.8) is 0 Å². The molecule has 1 aromatic rings. The molecule has 2 heteroatoms. The molecule has 1 N–H and O–H groups in total. The molecule has 0 bridgehead atoms. The molecule has 0 spiro atoms. The second kappa shape index (κ2) is 2.48. The fourth-order valence-corrected chi connectivity index (χ4v) is 1.43. The van der Waals surface area contributed by atoms with Crippen LogP contribution in [0.25, 0.3) is 5.57 Å².